The fourth-order valence-electron chi connectivity index (χ4n) is 1.65. The predicted octanol–water partition coefficient (Wildman–Crippen LogP) is 1.50. The van der Waals surface area contributed by atoms with E-state index in [1.807, 2.05) is 26.2 Å². The number of para-hydroxylation sites is 1. The van der Waals surface area contributed by atoms with Crippen LogP contribution in [0.15, 0.2) is 18.2 Å². The summed E-state index contributed by atoms with van der Waals surface area (Å²) < 4.78 is 0. The molecule has 4 nitrogen and oxygen atoms in total. The number of nitrogen functional groups attached to an aromatic ring is 1. The average molecular weight is 218 g/mol. The summed E-state index contributed by atoms with van der Waals surface area (Å²) in [4.78, 5) is 2.10. The molecule has 1 rings (SSSR count). The molecule has 0 aliphatic rings. The second kappa shape index (κ2) is 5.38. The van der Waals surface area contributed by atoms with Gasteiger partial charge < -0.3 is 16.0 Å². The zero-order valence-corrected chi connectivity index (χ0v) is 9.99. The molecule has 1 atom stereocenters. The van der Waals surface area contributed by atoms with Gasteiger partial charge in [-0.15, -0.1) is 0 Å². The first-order chi connectivity index (χ1) is 7.54. The maximum absolute atomic E-state index is 8.86. The molecule has 86 valence electrons. The number of hydrogen-bond acceptors (Lipinski definition) is 4. The third-order valence-corrected chi connectivity index (χ3v) is 2.27. The lowest BCUT2D eigenvalue weighted by Gasteiger charge is -2.20. The highest BCUT2D eigenvalue weighted by atomic mass is 15.1. The van der Waals surface area contributed by atoms with E-state index in [1.165, 1.54) is 0 Å². The van der Waals surface area contributed by atoms with Crippen molar-refractivity contribution in [1.82, 2.24) is 4.90 Å². The molecule has 1 aromatic rings. The molecule has 16 heavy (non-hydrogen) atoms. The molecule has 0 fully saturated rings. The summed E-state index contributed by atoms with van der Waals surface area (Å²) in [6.45, 7) is 2.99. The second-order valence-electron chi connectivity index (χ2n) is 4.19. The number of nitriles is 1. The minimum absolute atomic E-state index is 0.284. The van der Waals surface area contributed by atoms with Crippen molar-refractivity contribution in [3.63, 3.8) is 0 Å². The molecule has 0 heterocycles. The van der Waals surface area contributed by atoms with Crippen molar-refractivity contribution in [3.8, 4) is 6.07 Å². The highest BCUT2D eigenvalue weighted by Crippen LogP contribution is 2.22. The lowest BCUT2D eigenvalue weighted by atomic mass is 10.1. The predicted molar refractivity (Wildman–Crippen MR) is 67.2 cm³/mol. The van der Waals surface area contributed by atoms with Crippen molar-refractivity contribution in [1.29, 1.82) is 5.26 Å². The van der Waals surface area contributed by atoms with Gasteiger partial charge in [0.15, 0.2) is 0 Å². The average Bonchev–Trinajstić information content (AvgIpc) is 2.20. The molecule has 0 saturated heterocycles. The van der Waals surface area contributed by atoms with Crippen LogP contribution in [0.3, 0.4) is 0 Å². The van der Waals surface area contributed by atoms with Gasteiger partial charge in [-0.05, 0) is 33.2 Å². The minimum Gasteiger partial charge on any atom is -0.396 e. The van der Waals surface area contributed by atoms with Crippen LogP contribution in [0.4, 0.5) is 11.4 Å². The van der Waals surface area contributed by atoms with Crippen LogP contribution in [0.25, 0.3) is 0 Å². The van der Waals surface area contributed by atoms with E-state index in [0.29, 0.717) is 11.3 Å². The molecule has 0 aliphatic carbocycles. The minimum atomic E-state index is 0.284. The topological polar surface area (TPSA) is 65.1 Å². The molecular weight excluding hydrogens is 200 g/mol. The van der Waals surface area contributed by atoms with Crippen molar-refractivity contribution in [2.75, 3.05) is 31.7 Å². The highest BCUT2D eigenvalue weighted by Gasteiger charge is 2.08. The van der Waals surface area contributed by atoms with E-state index in [0.717, 1.165) is 12.2 Å². The van der Waals surface area contributed by atoms with E-state index in [2.05, 4.69) is 23.2 Å². The van der Waals surface area contributed by atoms with Gasteiger partial charge in [0.25, 0.3) is 0 Å². The number of nitrogens with one attached hydrogen (secondary N) is 1. The van der Waals surface area contributed by atoms with Crippen LogP contribution in [0.1, 0.15) is 12.5 Å². The van der Waals surface area contributed by atoms with Gasteiger partial charge in [-0.3, -0.25) is 0 Å². The number of rotatable bonds is 4. The van der Waals surface area contributed by atoms with Crippen LogP contribution in [0, 0.1) is 11.3 Å². The van der Waals surface area contributed by atoms with Crippen LogP contribution in [0.5, 0.6) is 0 Å². The zero-order valence-electron chi connectivity index (χ0n) is 9.99. The first-order valence-corrected chi connectivity index (χ1v) is 5.24. The normalized spacial score (nSPS) is 12.2. The van der Waals surface area contributed by atoms with Crippen LogP contribution >= 0.6 is 0 Å². The molecule has 0 amide bonds. The molecule has 0 aliphatic heterocycles. The van der Waals surface area contributed by atoms with Crippen molar-refractivity contribution in [3.05, 3.63) is 23.8 Å². The Labute approximate surface area is 96.7 Å². The standard InChI is InChI=1S/C12H18N4/c1-9(8-16(2)3)15-11-6-4-5-10(7-13)12(11)14/h4-6,9,15H,8,14H2,1-3H3. The molecule has 4 heteroatoms. The van der Waals surface area contributed by atoms with Crippen LogP contribution < -0.4 is 11.1 Å². The summed E-state index contributed by atoms with van der Waals surface area (Å²) in [7, 11) is 4.04. The van der Waals surface area contributed by atoms with Crippen LogP contribution in [-0.4, -0.2) is 31.6 Å². The SMILES string of the molecule is CC(CN(C)C)Nc1cccc(C#N)c1N. The number of benzene rings is 1. The summed E-state index contributed by atoms with van der Waals surface area (Å²) in [5.41, 5.74) is 7.74. The lowest BCUT2D eigenvalue weighted by Crippen LogP contribution is -2.29. The van der Waals surface area contributed by atoms with Gasteiger partial charge >= 0.3 is 0 Å². The summed E-state index contributed by atoms with van der Waals surface area (Å²) in [5, 5.41) is 12.2. The van der Waals surface area contributed by atoms with Crippen LogP contribution in [0.2, 0.25) is 0 Å². The fraction of sp³-hybridized carbons (Fsp3) is 0.417. The van der Waals surface area contributed by atoms with Gasteiger partial charge in [0.2, 0.25) is 0 Å². The molecule has 0 aromatic heterocycles. The van der Waals surface area contributed by atoms with Crippen molar-refractivity contribution in [2.24, 2.45) is 0 Å². The van der Waals surface area contributed by atoms with E-state index < -0.39 is 0 Å². The molecule has 0 spiro atoms. The smallest absolute Gasteiger partial charge is 0.101 e. The Bertz CT molecular complexity index is 392. The Balaban J connectivity index is 2.78. The lowest BCUT2D eigenvalue weighted by molar-refractivity contribution is 0.392. The highest BCUT2D eigenvalue weighted by molar-refractivity contribution is 5.73. The number of hydrogen-bond donors (Lipinski definition) is 2. The quantitative estimate of drug-likeness (QED) is 0.752. The number of anilines is 2. The summed E-state index contributed by atoms with van der Waals surface area (Å²) in [6, 6.07) is 7.80. The maximum Gasteiger partial charge on any atom is 0.101 e. The summed E-state index contributed by atoms with van der Waals surface area (Å²) in [6.07, 6.45) is 0. The van der Waals surface area contributed by atoms with Crippen molar-refractivity contribution in [2.45, 2.75) is 13.0 Å². The van der Waals surface area contributed by atoms with E-state index >= 15 is 0 Å². The van der Waals surface area contributed by atoms with Gasteiger partial charge in [0.05, 0.1) is 16.9 Å². The van der Waals surface area contributed by atoms with E-state index in [9.17, 15) is 0 Å². The fourth-order valence-corrected chi connectivity index (χ4v) is 1.65. The number of nitrogens with two attached hydrogens (primary N) is 1. The summed E-state index contributed by atoms with van der Waals surface area (Å²) in [5.74, 6) is 0. The van der Waals surface area contributed by atoms with Crippen molar-refractivity contribution >= 4 is 11.4 Å². The van der Waals surface area contributed by atoms with Crippen LogP contribution in [-0.2, 0) is 0 Å². The molecule has 0 saturated carbocycles. The zero-order chi connectivity index (χ0) is 12.1. The van der Waals surface area contributed by atoms with Crippen molar-refractivity contribution < 1.29 is 0 Å². The number of nitrogens with zero attached hydrogens (tertiary/aromatic N) is 2. The molecule has 1 unspecified atom stereocenters. The van der Waals surface area contributed by atoms with E-state index in [1.54, 1.807) is 6.07 Å². The molecule has 0 radical (unpaired) electrons. The molecule has 1 aromatic carbocycles. The molecule has 3 N–H and O–H groups in total. The summed E-state index contributed by atoms with van der Waals surface area (Å²) >= 11 is 0. The largest absolute Gasteiger partial charge is 0.396 e. The van der Waals surface area contributed by atoms with Gasteiger partial charge in [-0.2, -0.15) is 5.26 Å². The third kappa shape index (κ3) is 3.14. The molecule has 0 bridgehead atoms. The first-order valence-electron chi connectivity index (χ1n) is 5.24. The van der Waals surface area contributed by atoms with E-state index in [4.69, 9.17) is 11.0 Å². The van der Waals surface area contributed by atoms with Gasteiger partial charge in [0.1, 0.15) is 6.07 Å². The van der Waals surface area contributed by atoms with Gasteiger partial charge in [-0.25, -0.2) is 0 Å². The monoisotopic (exact) mass is 218 g/mol. The first kappa shape index (κ1) is 12.3. The Morgan fingerprint density at radius 3 is 2.75 bits per heavy atom. The van der Waals surface area contributed by atoms with E-state index in [-0.39, 0.29) is 6.04 Å². The third-order valence-electron chi connectivity index (χ3n) is 2.27. The van der Waals surface area contributed by atoms with Gasteiger partial charge in [0, 0.05) is 12.6 Å². The van der Waals surface area contributed by atoms with Gasteiger partial charge in [-0.1, -0.05) is 6.07 Å². The molecular formula is C12H18N4. The number of likely N-dealkylation sites (N-methyl/N-ethyl adjacent to an activating group) is 1. The Kier molecular flexibility index (Phi) is 4.15. The maximum atomic E-state index is 8.86. The Morgan fingerprint density at radius 2 is 2.19 bits per heavy atom. The Morgan fingerprint density at radius 1 is 1.50 bits per heavy atom. The Hall–Kier alpha value is -1.73. The second-order valence-corrected chi connectivity index (χ2v) is 4.19.